The van der Waals surface area contributed by atoms with Gasteiger partial charge in [0.1, 0.15) is 5.78 Å². The molecule has 0 saturated carbocycles. The molecule has 0 saturated heterocycles. The summed E-state index contributed by atoms with van der Waals surface area (Å²) in [4.78, 5) is 38.4. The van der Waals surface area contributed by atoms with Crippen LogP contribution in [0, 0.1) is 11.8 Å². The van der Waals surface area contributed by atoms with E-state index in [0.717, 1.165) is 0 Å². The molecule has 0 N–H and O–H groups in total. The van der Waals surface area contributed by atoms with Crippen LogP contribution in [0.1, 0.15) is 51.4 Å². The van der Waals surface area contributed by atoms with Crippen molar-refractivity contribution in [1.29, 1.82) is 0 Å². The molecule has 0 fully saturated rings. The summed E-state index contributed by atoms with van der Waals surface area (Å²) in [6, 6.07) is 3.23. The number of Topliss-reactive ketones (excluding diaryl/α,β-unsaturated/α-hetero) is 1. The molecule has 1 unspecified atom stereocenters. The Balaban J connectivity index is 0.00000254. The number of esters is 2. The second kappa shape index (κ2) is 12.2. The maximum absolute atomic E-state index is 11.9. The molecular weight excluding hydrogens is 310 g/mol. The second-order valence-corrected chi connectivity index (χ2v) is 5.33. The fourth-order valence-electron chi connectivity index (χ4n) is 1.68. The van der Waals surface area contributed by atoms with Crippen molar-refractivity contribution in [3.63, 3.8) is 0 Å². The highest BCUT2D eigenvalue weighted by Gasteiger charge is 2.20. The number of hydrogen-bond donors (Lipinski definition) is 0. The minimum atomic E-state index is -0.516. The molecule has 0 aliphatic carbocycles. The Hall–Kier alpha value is -2.24. The molecule has 24 heavy (non-hydrogen) atoms. The molecule has 0 radical (unpaired) electrons. The molecule has 0 spiro atoms. The third kappa shape index (κ3) is 9.02. The topological polar surface area (TPSA) is 82.6 Å². The van der Waals surface area contributed by atoms with Gasteiger partial charge in [-0.05, 0) is 12.1 Å². The Morgan fingerprint density at radius 2 is 1.75 bits per heavy atom. The Kier molecular flexibility index (Phi) is 11.1. The van der Waals surface area contributed by atoms with Crippen molar-refractivity contribution in [2.24, 2.45) is 11.8 Å². The van der Waals surface area contributed by atoms with Gasteiger partial charge in [-0.2, -0.15) is 0 Å². The van der Waals surface area contributed by atoms with E-state index >= 15 is 0 Å². The molecule has 0 aromatic carbocycles. The number of aromatic nitrogens is 1. The highest BCUT2D eigenvalue weighted by molar-refractivity contribution is 5.89. The first-order valence-electron chi connectivity index (χ1n) is 8.13. The molecule has 6 heteroatoms. The summed E-state index contributed by atoms with van der Waals surface area (Å²) in [6.45, 7) is 8.95. The summed E-state index contributed by atoms with van der Waals surface area (Å²) in [5, 5.41) is 0. The van der Waals surface area contributed by atoms with Crippen LogP contribution >= 0.6 is 0 Å². The Bertz CT molecular complexity index is 513. The number of hydrogen-bond acceptors (Lipinski definition) is 6. The highest BCUT2D eigenvalue weighted by Crippen LogP contribution is 2.12. The summed E-state index contributed by atoms with van der Waals surface area (Å²) < 4.78 is 10.1. The Morgan fingerprint density at radius 3 is 2.25 bits per heavy atom. The number of carbonyl (C=O) groups is 3. The van der Waals surface area contributed by atoms with Crippen LogP contribution in [-0.2, 0) is 19.1 Å². The summed E-state index contributed by atoms with van der Waals surface area (Å²) in [7, 11) is 0. The lowest BCUT2D eigenvalue weighted by Crippen LogP contribution is -2.24. The summed E-state index contributed by atoms with van der Waals surface area (Å²) >= 11 is 0. The van der Waals surface area contributed by atoms with Crippen LogP contribution in [0.25, 0.3) is 0 Å². The lowest BCUT2D eigenvalue weighted by atomic mass is 9.97. The van der Waals surface area contributed by atoms with Gasteiger partial charge in [-0.1, -0.05) is 27.7 Å². The third-order valence-electron chi connectivity index (χ3n) is 3.00. The van der Waals surface area contributed by atoms with E-state index in [1.807, 2.05) is 13.8 Å². The standard InChI is InChI=1S/C16H21NO5.C2H6/c1-11(2)15(19)7-13(9-21-12(3)18)10-22-16(20)14-5-4-6-17-8-14;1-2/h4-6,8,11,13H,7,9-10H2,1-3H3;1-2H3. The van der Waals surface area contributed by atoms with Crippen LogP contribution in [0.4, 0.5) is 0 Å². The van der Waals surface area contributed by atoms with Gasteiger partial charge in [-0.25, -0.2) is 4.79 Å². The van der Waals surface area contributed by atoms with Crippen LogP contribution in [0.5, 0.6) is 0 Å². The zero-order valence-corrected chi connectivity index (χ0v) is 15.1. The van der Waals surface area contributed by atoms with E-state index in [-0.39, 0.29) is 37.3 Å². The smallest absolute Gasteiger partial charge is 0.339 e. The SMILES string of the molecule is CC.CC(=O)OCC(COC(=O)c1cccnc1)CC(=O)C(C)C. The minimum absolute atomic E-state index is 0.0134. The van der Waals surface area contributed by atoms with E-state index in [0.29, 0.717) is 5.56 Å². The average molecular weight is 337 g/mol. The quantitative estimate of drug-likeness (QED) is 0.678. The second-order valence-electron chi connectivity index (χ2n) is 5.33. The molecule has 1 heterocycles. The van der Waals surface area contributed by atoms with Crippen molar-refractivity contribution in [2.75, 3.05) is 13.2 Å². The van der Waals surface area contributed by atoms with Gasteiger partial charge < -0.3 is 9.47 Å². The van der Waals surface area contributed by atoms with Crippen molar-refractivity contribution >= 4 is 17.7 Å². The first-order chi connectivity index (χ1) is 11.4. The van der Waals surface area contributed by atoms with Gasteiger partial charge >= 0.3 is 11.9 Å². The van der Waals surface area contributed by atoms with Crippen molar-refractivity contribution in [3.8, 4) is 0 Å². The lowest BCUT2D eigenvalue weighted by molar-refractivity contribution is -0.143. The van der Waals surface area contributed by atoms with Crippen molar-refractivity contribution in [1.82, 2.24) is 4.98 Å². The van der Waals surface area contributed by atoms with Crippen LogP contribution in [0.2, 0.25) is 0 Å². The number of ether oxygens (including phenoxy) is 2. The average Bonchev–Trinajstić information content (AvgIpc) is 2.59. The lowest BCUT2D eigenvalue weighted by Gasteiger charge is -2.17. The molecular formula is C18H27NO5. The maximum Gasteiger partial charge on any atom is 0.339 e. The van der Waals surface area contributed by atoms with Crippen LogP contribution in [-0.4, -0.2) is 35.9 Å². The van der Waals surface area contributed by atoms with Gasteiger partial charge in [0.05, 0.1) is 18.8 Å². The minimum Gasteiger partial charge on any atom is -0.465 e. The number of nitrogens with zero attached hydrogens (tertiary/aromatic N) is 1. The molecule has 0 aliphatic rings. The molecule has 0 bridgehead atoms. The van der Waals surface area contributed by atoms with E-state index in [9.17, 15) is 14.4 Å². The first-order valence-corrected chi connectivity index (χ1v) is 8.13. The molecule has 0 amide bonds. The molecule has 1 aromatic heterocycles. The van der Waals surface area contributed by atoms with Crippen molar-refractivity contribution in [3.05, 3.63) is 30.1 Å². The Labute approximate surface area is 143 Å². The first kappa shape index (κ1) is 21.8. The van der Waals surface area contributed by atoms with Gasteiger partial charge in [0.25, 0.3) is 0 Å². The summed E-state index contributed by atoms with van der Waals surface area (Å²) in [5.74, 6) is -1.37. The zero-order valence-electron chi connectivity index (χ0n) is 15.1. The van der Waals surface area contributed by atoms with E-state index < -0.39 is 11.9 Å². The number of pyridine rings is 1. The predicted molar refractivity (Wildman–Crippen MR) is 90.5 cm³/mol. The molecule has 0 aliphatic heterocycles. The Morgan fingerprint density at radius 1 is 1.12 bits per heavy atom. The van der Waals surface area contributed by atoms with Gasteiger partial charge in [0.15, 0.2) is 0 Å². The van der Waals surface area contributed by atoms with Gasteiger partial charge in [-0.3, -0.25) is 14.6 Å². The molecule has 1 atom stereocenters. The van der Waals surface area contributed by atoms with E-state index in [1.54, 1.807) is 32.2 Å². The van der Waals surface area contributed by atoms with Gasteiger partial charge in [0.2, 0.25) is 0 Å². The van der Waals surface area contributed by atoms with Crippen LogP contribution in [0.3, 0.4) is 0 Å². The molecule has 134 valence electrons. The molecule has 1 aromatic rings. The fraction of sp³-hybridized carbons (Fsp3) is 0.556. The highest BCUT2D eigenvalue weighted by atomic mass is 16.5. The van der Waals surface area contributed by atoms with E-state index in [2.05, 4.69) is 4.98 Å². The number of carbonyl (C=O) groups excluding carboxylic acids is 3. The van der Waals surface area contributed by atoms with Crippen LogP contribution in [0.15, 0.2) is 24.5 Å². The maximum atomic E-state index is 11.9. The predicted octanol–water partition coefficient (Wildman–Crippen LogP) is 3.06. The normalized spacial score (nSPS) is 11.1. The largest absolute Gasteiger partial charge is 0.465 e. The van der Waals surface area contributed by atoms with Gasteiger partial charge in [0, 0.05) is 37.6 Å². The fourth-order valence-corrected chi connectivity index (χ4v) is 1.68. The van der Waals surface area contributed by atoms with Crippen molar-refractivity contribution in [2.45, 2.75) is 41.0 Å². The van der Waals surface area contributed by atoms with Crippen molar-refractivity contribution < 1.29 is 23.9 Å². The summed E-state index contributed by atoms with van der Waals surface area (Å²) in [5.41, 5.74) is 0.337. The molecule has 1 rings (SSSR count). The van der Waals surface area contributed by atoms with E-state index in [4.69, 9.17) is 9.47 Å². The number of ketones is 1. The molecule has 6 nitrogen and oxygen atoms in total. The van der Waals surface area contributed by atoms with Gasteiger partial charge in [-0.15, -0.1) is 0 Å². The summed E-state index contributed by atoms with van der Waals surface area (Å²) in [6.07, 6.45) is 3.16. The van der Waals surface area contributed by atoms with Crippen LogP contribution < -0.4 is 0 Å². The monoisotopic (exact) mass is 337 g/mol. The number of rotatable bonds is 8. The van der Waals surface area contributed by atoms with E-state index in [1.165, 1.54) is 13.1 Å². The third-order valence-corrected chi connectivity index (χ3v) is 3.00. The zero-order chi connectivity index (χ0) is 18.5.